The van der Waals surface area contributed by atoms with Crippen LogP contribution in [0.2, 0.25) is 0 Å². The lowest BCUT2D eigenvalue weighted by Crippen LogP contribution is -2.31. The van der Waals surface area contributed by atoms with Crippen molar-refractivity contribution in [3.8, 4) is 22.4 Å². The van der Waals surface area contributed by atoms with Gasteiger partial charge in [0.05, 0.1) is 12.3 Å². The van der Waals surface area contributed by atoms with Crippen molar-refractivity contribution in [2.45, 2.75) is 58.8 Å². The van der Waals surface area contributed by atoms with E-state index in [1.165, 1.54) is 53.5 Å². The quantitative estimate of drug-likeness (QED) is 0.278. The number of fused-ring (bicyclic) bond motifs is 1. The maximum absolute atomic E-state index is 8.81. The Morgan fingerprint density at radius 2 is 1.73 bits per heavy atom. The van der Waals surface area contributed by atoms with Crippen molar-refractivity contribution in [1.29, 1.82) is 0 Å². The maximum Gasteiger partial charge on any atom is 0.220 e. The summed E-state index contributed by atoms with van der Waals surface area (Å²) in [5.74, 6) is 1.15. The largest absolute Gasteiger partial charge is 0.220 e. The Labute approximate surface area is 201 Å². The van der Waals surface area contributed by atoms with Gasteiger partial charge in [0.25, 0.3) is 0 Å². The predicted octanol–water partition coefficient (Wildman–Crippen LogP) is 8.16. The van der Waals surface area contributed by atoms with E-state index in [1.807, 2.05) is 11.6 Å². The van der Waals surface area contributed by atoms with Gasteiger partial charge >= 0.3 is 0 Å². The molecule has 0 aliphatic heterocycles. The Bertz CT molecular complexity index is 1380. The van der Waals surface area contributed by atoms with Gasteiger partial charge in [-0.3, -0.25) is 0 Å². The average Bonchev–Trinajstić information content (AvgIpc) is 3.37. The van der Waals surface area contributed by atoms with Gasteiger partial charge in [0, 0.05) is 6.04 Å². The van der Waals surface area contributed by atoms with Crippen LogP contribution in [0.4, 0.5) is 0 Å². The van der Waals surface area contributed by atoms with Crippen LogP contribution in [-0.4, -0.2) is 0 Å². The van der Waals surface area contributed by atoms with Gasteiger partial charge in [0.2, 0.25) is 5.69 Å². The second-order valence-corrected chi connectivity index (χ2v) is 10.1. The summed E-state index contributed by atoms with van der Waals surface area (Å²) in [5, 5.41) is 1.96. The van der Waals surface area contributed by atoms with Crippen LogP contribution in [0.3, 0.4) is 0 Å². The molecule has 1 nitrogen and oxygen atoms in total. The van der Waals surface area contributed by atoms with Crippen molar-refractivity contribution in [2.24, 2.45) is 13.0 Å². The van der Waals surface area contributed by atoms with Crippen molar-refractivity contribution in [3.63, 3.8) is 0 Å². The van der Waals surface area contributed by atoms with Crippen LogP contribution >= 0.6 is 0 Å². The fraction of sp³-hybridized carbons (Fsp3) is 0.344. The number of benzene rings is 3. The number of hydrogen-bond acceptors (Lipinski definition) is 0. The van der Waals surface area contributed by atoms with E-state index < -0.39 is 0 Å². The fourth-order valence-corrected chi connectivity index (χ4v) is 5.66. The molecular formula is C32H36N+. The Kier molecular flexibility index (Phi) is 5.41. The Morgan fingerprint density at radius 1 is 0.970 bits per heavy atom. The summed E-state index contributed by atoms with van der Waals surface area (Å²) in [7, 11) is 1.94. The molecule has 3 aromatic carbocycles. The first-order valence-corrected chi connectivity index (χ1v) is 12.5. The van der Waals surface area contributed by atoms with Crippen molar-refractivity contribution in [2.75, 3.05) is 0 Å². The van der Waals surface area contributed by atoms with Gasteiger partial charge in [-0.15, -0.1) is 0 Å². The number of pyridine rings is 1. The third kappa shape index (κ3) is 4.34. The topological polar surface area (TPSA) is 3.88 Å². The van der Waals surface area contributed by atoms with Gasteiger partial charge in [-0.05, 0) is 70.5 Å². The average molecular weight is 437 g/mol. The highest BCUT2D eigenvalue weighted by Crippen LogP contribution is 2.37. The fourth-order valence-electron chi connectivity index (χ4n) is 5.66. The number of rotatable bonds is 5. The van der Waals surface area contributed by atoms with E-state index in [9.17, 15) is 0 Å². The molecular weight excluding hydrogens is 398 g/mol. The summed E-state index contributed by atoms with van der Waals surface area (Å²) in [5.41, 5.74) is 8.46. The van der Waals surface area contributed by atoms with Crippen LogP contribution in [0.5, 0.6) is 0 Å². The Hall–Kier alpha value is -2.93. The number of nitrogens with zero attached hydrogens (tertiary/aromatic N) is 1. The second kappa shape index (κ2) is 9.14. The second-order valence-electron chi connectivity index (χ2n) is 10.1. The third-order valence-corrected chi connectivity index (χ3v) is 7.46. The zero-order valence-corrected chi connectivity index (χ0v) is 20.4. The smallest absolute Gasteiger partial charge is 0.200 e. The highest BCUT2D eigenvalue weighted by atomic mass is 14.9. The highest BCUT2D eigenvalue weighted by Gasteiger charge is 2.22. The summed E-state index contributed by atoms with van der Waals surface area (Å²) in [6.07, 6.45) is 6.66. The van der Waals surface area contributed by atoms with Gasteiger partial charge < -0.3 is 0 Å². The first-order chi connectivity index (χ1) is 16.8. The Balaban J connectivity index is 1.75. The molecule has 1 fully saturated rings. The zero-order chi connectivity index (χ0) is 24.7. The van der Waals surface area contributed by atoms with Crippen LogP contribution in [0.25, 0.3) is 33.2 Å². The van der Waals surface area contributed by atoms with E-state index in [-0.39, 0.29) is 6.17 Å². The molecule has 0 spiro atoms. The van der Waals surface area contributed by atoms with Crippen LogP contribution in [0.1, 0.15) is 64.9 Å². The molecule has 168 valence electrons. The molecule has 0 unspecified atom stereocenters. The maximum atomic E-state index is 8.81. The van der Waals surface area contributed by atoms with Crippen molar-refractivity contribution < 1.29 is 7.31 Å². The minimum atomic E-state index is 0.265. The minimum Gasteiger partial charge on any atom is -0.200 e. The van der Waals surface area contributed by atoms with Crippen LogP contribution in [0.15, 0.2) is 72.9 Å². The van der Waals surface area contributed by atoms with Gasteiger partial charge in [-0.2, -0.15) is 0 Å². The van der Waals surface area contributed by atoms with E-state index in [1.54, 1.807) is 0 Å². The van der Waals surface area contributed by atoms with E-state index in [2.05, 4.69) is 81.4 Å². The van der Waals surface area contributed by atoms with Gasteiger partial charge in [-0.1, -0.05) is 88.1 Å². The molecule has 1 heterocycles. The highest BCUT2D eigenvalue weighted by molar-refractivity contribution is 5.95. The van der Waals surface area contributed by atoms with E-state index in [0.29, 0.717) is 12.0 Å². The van der Waals surface area contributed by atoms with Gasteiger partial charge in [-0.25, -0.2) is 4.57 Å². The van der Waals surface area contributed by atoms with Gasteiger partial charge in [0.15, 0.2) is 6.17 Å². The summed E-state index contributed by atoms with van der Waals surface area (Å²) in [6.45, 7) is 6.70. The molecule has 0 N–H and O–H groups in total. The minimum absolute atomic E-state index is 0.265. The van der Waals surface area contributed by atoms with E-state index >= 15 is 0 Å². The lowest BCUT2D eigenvalue weighted by atomic mass is 9.87. The molecule has 33 heavy (non-hydrogen) atoms. The molecule has 1 saturated carbocycles. The SMILES string of the molecule is [2H]c1c([2H])[n+](C)c(-c2cc(-c3ccccc3)cc(C(C)C)c2C)c2ccc(CC3CCCC3)cc12. The Morgan fingerprint density at radius 3 is 2.45 bits per heavy atom. The number of aromatic nitrogens is 1. The van der Waals surface area contributed by atoms with Crippen molar-refractivity contribution in [1.82, 2.24) is 0 Å². The number of hydrogen-bond donors (Lipinski definition) is 0. The lowest BCUT2D eigenvalue weighted by Gasteiger charge is -2.17. The predicted molar refractivity (Wildman–Crippen MR) is 140 cm³/mol. The lowest BCUT2D eigenvalue weighted by molar-refractivity contribution is -0.659. The van der Waals surface area contributed by atoms with Crippen LogP contribution < -0.4 is 4.57 Å². The first-order valence-electron chi connectivity index (χ1n) is 13.5. The third-order valence-electron chi connectivity index (χ3n) is 7.46. The summed E-state index contributed by atoms with van der Waals surface area (Å²) < 4.78 is 19.5. The molecule has 0 amide bonds. The van der Waals surface area contributed by atoms with Crippen molar-refractivity contribution in [3.05, 3.63) is 89.6 Å². The monoisotopic (exact) mass is 436 g/mol. The standard InChI is InChI=1S/C32H36N/c1-22(2)30-20-28(26-12-6-5-7-13-26)21-31(23(30)3)32-29-15-14-25(18-24-10-8-9-11-24)19-27(29)16-17-33(32)4/h5-7,12-17,19-22,24H,8-11,18H2,1-4H3/q+1/i16D,17D. The molecule has 1 aromatic heterocycles. The molecule has 1 heteroatoms. The molecule has 4 aromatic rings. The first kappa shape index (κ1) is 19.5. The zero-order valence-electron chi connectivity index (χ0n) is 22.4. The van der Waals surface area contributed by atoms with E-state index in [4.69, 9.17) is 2.74 Å². The summed E-state index contributed by atoms with van der Waals surface area (Å²) in [4.78, 5) is 0. The molecule has 0 bridgehead atoms. The van der Waals surface area contributed by atoms with Crippen LogP contribution in [-0.2, 0) is 13.5 Å². The summed E-state index contributed by atoms with van der Waals surface area (Å²) >= 11 is 0. The molecule has 0 saturated heterocycles. The molecule has 1 aliphatic rings. The van der Waals surface area contributed by atoms with Gasteiger partial charge in [0.1, 0.15) is 8.42 Å². The molecule has 0 radical (unpaired) electrons. The molecule has 1 aliphatic carbocycles. The summed E-state index contributed by atoms with van der Waals surface area (Å²) in [6, 6.07) is 22.1. The van der Waals surface area contributed by atoms with Crippen LogP contribution in [0, 0.1) is 12.8 Å². The van der Waals surface area contributed by atoms with Crippen molar-refractivity contribution >= 4 is 10.8 Å². The molecule has 5 rings (SSSR count). The van der Waals surface area contributed by atoms with E-state index in [0.717, 1.165) is 34.4 Å². The molecule has 0 atom stereocenters. The normalized spacial score (nSPS) is 15.3.